The molecule has 1 heterocycles. The van der Waals surface area contributed by atoms with E-state index in [1.54, 1.807) is 13.0 Å². The van der Waals surface area contributed by atoms with E-state index in [2.05, 4.69) is 10.3 Å². The van der Waals surface area contributed by atoms with Gasteiger partial charge in [-0.3, -0.25) is 4.79 Å². The van der Waals surface area contributed by atoms with Gasteiger partial charge in [0, 0.05) is 35.6 Å². The van der Waals surface area contributed by atoms with Gasteiger partial charge in [0.2, 0.25) is 5.91 Å². The number of amides is 1. The van der Waals surface area contributed by atoms with E-state index in [1.165, 1.54) is 6.08 Å². The van der Waals surface area contributed by atoms with Gasteiger partial charge in [-0.25, -0.2) is 4.79 Å². The quantitative estimate of drug-likeness (QED) is 0.602. The van der Waals surface area contributed by atoms with E-state index in [-0.39, 0.29) is 12.5 Å². The Bertz CT molecular complexity index is 747. The zero-order valence-electron chi connectivity index (χ0n) is 14.3. The number of ether oxygens (including phenoxy) is 1. The number of fused-ring (bicyclic) bond motifs is 1. The molecular formula is C18H23N3O3. The zero-order chi connectivity index (χ0) is 17.5. The van der Waals surface area contributed by atoms with Crippen molar-refractivity contribution in [3.63, 3.8) is 0 Å². The Labute approximate surface area is 141 Å². The molecule has 0 saturated heterocycles. The molecular weight excluding hydrogens is 306 g/mol. The van der Waals surface area contributed by atoms with Gasteiger partial charge in [0.05, 0.1) is 6.61 Å². The van der Waals surface area contributed by atoms with Gasteiger partial charge in [0.25, 0.3) is 0 Å². The van der Waals surface area contributed by atoms with Crippen LogP contribution in [0.15, 0.2) is 36.4 Å². The molecule has 1 aromatic heterocycles. The number of carbonyl (C=O) groups is 2. The zero-order valence-corrected chi connectivity index (χ0v) is 14.3. The SMILES string of the molecule is CCOC(=O)c1[nH]c2ccccc2c1CNC(=O)/C=C/CN(C)C. The molecule has 0 saturated carbocycles. The van der Waals surface area contributed by atoms with Crippen molar-refractivity contribution in [3.8, 4) is 0 Å². The molecule has 2 N–H and O–H groups in total. The normalized spacial score (nSPS) is 11.3. The van der Waals surface area contributed by atoms with Crippen LogP contribution in [0.5, 0.6) is 0 Å². The lowest BCUT2D eigenvalue weighted by Crippen LogP contribution is -2.22. The molecule has 6 heteroatoms. The number of aromatic nitrogens is 1. The molecule has 128 valence electrons. The summed E-state index contributed by atoms with van der Waals surface area (Å²) in [4.78, 5) is 29.1. The van der Waals surface area contributed by atoms with Crippen LogP contribution in [0, 0.1) is 0 Å². The molecule has 2 rings (SSSR count). The van der Waals surface area contributed by atoms with Crippen LogP contribution < -0.4 is 5.32 Å². The summed E-state index contributed by atoms with van der Waals surface area (Å²) in [5.74, 6) is -0.613. The summed E-state index contributed by atoms with van der Waals surface area (Å²) >= 11 is 0. The fourth-order valence-electron chi connectivity index (χ4n) is 2.37. The second-order valence-electron chi connectivity index (χ2n) is 5.63. The first kappa shape index (κ1) is 17.7. The van der Waals surface area contributed by atoms with Crippen LogP contribution in [0.4, 0.5) is 0 Å². The Hall–Kier alpha value is -2.60. The van der Waals surface area contributed by atoms with E-state index in [4.69, 9.17) is 4.74 Å². The Morgan fingerprint density at radius 1 is 1.29 bits per heavy atom. The number of nitrogens with zero attached hydrogens (tertiary/aromatic N) is 1. The first-order valence-corrected chi connectivity index (χ1v) is 7.88. The van der Waals surface area contributed by atoms with E-state index in [1.807, 2.05) is 43.3 Å². The van der Waals surface area contributed by atoms with Crippen molar-refractivity contribution in [2.24, 2.45) is 0 Å². The fraction of sp³-hybridized carbons (Fsp3) is 0.333. The monoisotopic (exact) mass is 329 g/mol. The Morgan fingerprint density at radius 3 is 2.75 bits per heavy atom. The minimum Gasteiger partial charge on any atom is -0.461 e. The van der Waals surface area contributed by atoms with Crippen LogP contribution >= 0.6 is 0 Å². The van der Waals surface area contributed by atoms with E-state index in [0.717, 1.165) is 16.5 Å². The van der Waals surface area contributed by atoms with Crippen LogP contribution in [0.2, 0.25) is 0 Å². The molecule has 1 aromatic carbocycles. The Morgan fingerprint density at radius 2 is 2.04 bits per heavy atom. The standard InChI is InChI=1S/C18H23N3O3/c1-4-24-18(23)17-14(13-8-5-6-9-15(13)20-17)12-19-16(22)10-7-11-21(2)3/h5-10,20H,4,11-12H2,1-3H3,(H,19,22)/b10-7+. The predicted molar refractivity (Wildman–Crippen MR) is 93.8 cm³/mol. The number of hydrogen-bond acceptors (Lipinski definition) is 4. The van der Waals surface area contributed by atoms with Crippen LogP contribution in [0.1, 0.15) is 23.0 Å². The van der Waals surface area contributed by atoms with Crippen molar-refractivity contribution in [1.82, 2.24) is 15.2 Å². The van der Waals surface area contributed by atoms with Gasteiger partial charge in [0.1, 0.15) is 5.69 Å². The van der Waals surface area contributed by atoms with Gasteiger partial charge in [0.15, 0.2) is 0 Å². The highest BCUT2D eigenvalue weighted by molar-refractivity contribution is 5.98. The van der Waals surface area contributed by atoms with Crippen molar-refractivity contribution in [1.29, 1.82) is 0 Å². The third-order valence-electron chi connectivity index (χ3n) is 3.47. The van der Waals surface area contributed by atoms with E-state index in [9.17, 15) is 9.59 Å². The number of H-pyrrole nitrogens is 1. The molecule has 2 aromatic rings. The van der Waals surface area contributed by atoms with Crippen LogP contribution in [0.25, 0.3) is 10.9 Å². The Kier molecular flexibility index (Phi) is 6.14. The molecule has 0 aliphatic heterocycles. The summed E-state index contributed by atoms with van der Waals surface area (Å²) in [5, 5.41) is 3.72. The first-order valence-electron chi connectivity index (χ1n) is 7.88. The molecule has 0 unspecified atom stereocenters. The Balaban J connectivity index is 2.17. The summed E-state index contributed by atoms with van der Waals surface area (Å²) in [6.07, 6.45) is 3.29. The fourth-order valence-corrected chi connectivity index (χ4v) is 2.37. The smallest absolute Gasteiger partial charge is 0.355 e. The molecule has 0 bridgehead atoms. The van der Waals surface area contributed by atoms with Crippen LogP contribution in [0.3, 0.4) is 0 Å². The van der Waals surface area contributed by atoms with Gasteiger partial charge >= 0.3 is 5.97 Å². The lowest BCUT2D eigenvalue weighted by Gasteiger charge is -2.06. The number of para-hydroxylation sites is 1. The third kappa shape index (κ3) is 4.45. The van der Waals surface area contributed by atoms with E-state index < -0.39 is 5.97 Å². The molecule has 0 spiro atoms. The number of benzene rings is 1. The van der Waals surface area contributed by atoms with Gasteiger partial charge in [-0.05, 0) is 27.1 Å². The second kappa shape index (κ2) is 8.31. The van der Waals surface area contributed by atoms with E-state index in [0.29, 0.717) is 18.8 Å². The summed E-state index contributed by atoms with van der Waals surface area (Å²) in [6, 6.07) is 7.59. The van der Waals surface area contributed by atoms with Gasteiger partial charge in [-0.2, -0.15) is 0 Å². The van der Waals surface area contributed by atoms with Crippen molar-refractivity contribution >= 4 is 22.8 Å². The lowest BCUT2D eigenvalue weighted by molar-refractivity contribution is -0.116. The molecule has 0 aliphatic rings. The predicted octanol–water partition coefficient (Wildman–Crippen LogP) is 2.08. The van der Waals surface area contributed by atoms with Crippen molar-refractivity contribution in [3.05, 3.63) is 47.7 Å². The lowest BCUT2D eigenvalue weighted by atomic mass is 10.1. The van der Waals surface area contributed by atoms with Crippen molar-refractivity contribution in [2.75, 3.05) is 27.2 Å². The summed E-state index contributed by atoms with van der Waals surface area (Å²) in [6.45, 7) is 3.00. The van der Waals surface area contributed by atoms with Crippen molar-refractivity contribution in [2.45, 2.75) is 13.5 Å². The largest absolute Gasteiger partial charge is 0.461 e. The highest BCUT2D eigenvalue weighted by Gasteiger charge is 2.18. The maximum Gasteiger partial charge on any atom is 0.355 e. The number of likely N-dealkylation sites (N-methyl/N-ethyl adjacent to an activating group) is 1. The van der Waals surface area contributed by atoms with Gasteiger partial charge < -0.3 is 19.9 Å². The average molecular weight is 329 g/mol. The molecule has 0 atom stereocenters. The average Bonchev–Trinajstić information content (AvgIpc) is 2.91. The molecule has 0 radical (unpaired) electrons. The summed E-state index contributed by atoms with van der Waals surface area (Å²) in [5.41, 5.74) is 1.96. The number of esters is 1. The van der Waals surface area contributed by atoms with E-state index >= 15 is 0 Å². The summed E-state index contributed by atoms with van der Waals surface area (Å²) < 4.78 is 5.09. The number of hydrogen-bond donors (Lipinski definition) is 2. The van der Waals surface area contributed by atoms with Gasteiger partial charge in [-0.15, -0.1) is 0 Å². The minimum absolute atomic E-state index is 0.197. The molecule has 24 heavy (non-hydrogen) atoms. The number of carbonyl (C=O) groups excluding carboxylic acids is 2. The molecule has 0 aliphatic carbocycles. The summed E-state index contributed by atoms with van der Waals surface area (Å²) in [7, 11) is 3.86. The molecule has 6 nitrogen and oxygen atoms in total. The maximum absolute atomic E-state index is 12.1. The first-order chi connectivity index (χ1) is 11.5. The van der Waals surface area contributed by atoms with Crippen LogP contribution in [-0.2, 0) is 16.1 Å². The second-order valence-corrected chi connectivity index (χ2v) is 5.63. The maximum atomic E-state index is 12.1. The highest BCUT2D eigenvalue weighted by Crippen LogP contribution is 2.23. The number of nitrogens with one attached hydrogen (secondary N) is 2. The molecule has 0 fully saturated rings. The topological polar surface area (TPSA) is 74.4 Å². The number of rotatable bonds is 7. The third-order valence-corrected chi connectivity index (χ3v) is 3.47. The molecule has 1 amide bonds. The van der Waals surface area contributed by atoms with Crippen molar-refractivity contribution < 1.29 is 14.3 Å². The van der Waals surface area contributed by atoms with Gasteiger partial charge in [-0.1, -0.05) is 24.3 Å². The van der Waals surface area contributed by atoms with Crippen LogP contribution in [-0.4, -0.2) is 49.0 Å². The minimum atomic E-state index is -0.416. The number of aromatic amines is 1. The highest BCUT2D eigenvalue weighted by atomic mass is 16.5.